The van der Waals surface area contributed by atoms with E-state index in [1.165, 1.54) is 6.42 Å². The first-order valence-electron chi connectivity index (χ1n) is 23.5. The molecule has 63 heavy (non-hydrogen) atoms. The molecule has 7 atom stereocenters. The second-order valence-electron chi connectivity index (χ2n) is 15.1. The first-order chi connectivity index (χ1) is 30.1. The van der Waals surface area contributed by atoms with Gasteiger partial charge >= 0.3 is 0 Å². The highest BCUT2D eigenvalue weighted by atomic mass is 31.1. The third-order valence-corrected chi connectivity index (χ3v) is 11.7. The first kappa shape index (κ1) is 66.4. The lowest BCUT2D eigenvalue weighted by Crippen LogP contribution is -2.52. The van der Waals surface area contributed by atoms with Gasteiger partial charge in [0.1, 0.15) is 6.54 Å². The van der Waals surface area contributed by atoms with Crippen LogP contribution in [0.3, 0.4) is 0 Å². The number of rotatable bonds is 22. The fourth-order valence-corrected chi connectivity index (χ4v) is 7.88. The normalized spacial score (nSPS) is 15.7. The molecule has 1 aliphatic rings. The second-order valence-corrected chi connectivity index (χ2v) is 17.0. The topological polar surface area (TPSA) is 179 Å². The largest absolute Gasteiger partial charge is 0.379 e. The summed E-state index contributed by atoms with van der Waals surface area (Å²) < 4.78 is 11.6. The van der Waals surface area contributed by atoms with Crippen molar-refractivity contribution in [3.05, 3.63) is 35.9 Å². The van der Waals surface area contributed by atoms with Crippen molar-refractivity contribution in [2.75, 3.05) is 67.7 Å². The molecule has 2 rings (SSSR count). The van der Waals surface area contributed by atoms with Crippen molar-refractivity contribution in [2.24, 2.45) is 22.6 Å². The molecule has 0 aliphatic carbocycles. The Morgan fingerprint density at radius 1 is 1.00 bits per heavy atom. The zero-order valence-electron chi connectivity index (χ0n) is 43.2. The Bertz CT molecular complexity index is 1290. The minimum absolute atomic E-state index is 0.0121. The van der Waals surface area contributed by atoms with Gasteiger partial charge in [0, 0.05) is 48.5 Å². The van der Waals surface area contributed by atoms with Gasteiger partial charge in [-0.3, -0.25) is 24.2 Å². The summed E-state index contributed by atoms with van der Waals surface area (Å²) in [6.07, 6.45) is 5.71. The number of nitrogens with two attached hydrogens (primary N) is 1. The Morgan fingerprint density at radius 3 is 2.03 bits per heavy atom. The Labute approximate surface area is 387 Å². The SMILES string of the molecule is CC.CC.CC.CCC.CCC(C)C(C(CC(=O)N1CCCC1C(OC)C(C)C)OC)N(C)C(=O)CN=C(C)N(C)C.NCCCNC(=O)CP(O)[C@H](Cc1ccccc1)NC=O. The van der Waals surface area contributed by atoms with E-state index in [9.17, 15) is 24.1 Å². The van der Waals surface area contributed by atoms with Crippen molar-refractivity contribution in [1.82, 2.24) is 25.3 Å². The van der Waals surface area contributed by atoms with E-state index in [1.54, 1.807) is 26.2 Å². The van der Waals surface area contributed by atoms with Gasteiger partial charge in [0.2, 0.25) is 24.1 Å². The molecule has 6 unspecified atom stereocenters. The number of aliphatic imine (C=N–C) groups is 1. The summed E-state index contributed by atoms with van der Waals surface area (Å²) in [5.41, 5.74) is 6.35. The molecule has 0 bridgehead atoms. The summed E-state index contributed by atoms with van der Waals surface area (Å²) in [6.45, 7) is 28.4. The molecule has 14 nitrogen and oxygen atoms in total. The molecule has 15 heteroatoms. The molecule has 1 aromatic rings. The van der Waals surface area contributed by atoms with Crippen LogP contribution in [0.4, 0.5) is 0 Å². The summed E-state index contributed by atoms with van der Waals surface area (Å²) in [6, 6.07) is 9.41. The Hall–Kier alpha value is -3.16. The molecule has 1 aromatic carbocycles. The van der Waals surface area contributed by atoms with Gasteiger partial charge in [0.15, 0.2) is 0 Å². The van der Waals surface area contributed by atoms with Gasteiger partial charge in [0.25, 0.3) is 0 Å². The Kier molecular flexibility index (Phi) is 45.1. The van der Waals surface area contributed by atoms with Crippen molar-refractivity contribution < 1.29 is 33.5 Å². The van der Waals surface area contributed by atoms with Gasteiger partial charge in [-0.1, -0.05) is 126 Å². The minimum atomic E-state index is -1.62. The first-order valence-corrected chi connectivity index (χ1v) is 25.1. The van der Waals surface area contributed by atoms with Gasteiger partial charge in [-0.05, 0) is 56.6 Å². The zero-order valence-corrected chi connectivity index (χ0v) is 44.1. The highest BCUT2D eigenvalue weighted by Gasteiger charge is 2.39. The number of methoxy groups -OCH3 is 2. The maximum absolute atomic E-state index is 13.4. The third-order valence-electron chi connectivity index (χ3n) is 10.0. The number of amidine groups is 1. The average molecular weight is 914 g/mol. The molecule has 1 saturated heterocycles. The highest BCUT2D eigenvalue weighted by molar-refractivity contribution is 7.53. The number of ether oxygens (including phenoxy) is 2. The van der Waals surface area contributed by atoms with Crippen LogP contribution in [0.1, 0.15) is 134 Å². The maximum Gasteiger partial charge on any atom is 0.244 e. The van der Waals surface area contributed by atoms with Gasteiger partial charge in [0.05, 0.1) is 56.6 Å². The summed E-state index contributed by atoms with van der Waals surface area (Å²) in [5, 5.41) is 5.30. The number of likely N-dealkylation sites (N-methyl/N-ethyl adjacent to an activating group) is 1. The monoisotopic (exact) mass is 914 g/mol. The van der Waals surface area contributed by atoms with E-state index in [1.807, 2.05) is 103 Å². The molecular formula is C48H96N7O7P. The number of carbonyl (C=O) groups is 4. The van der Waals surface area contributed by atoms with Crippen LogP contribution in [0.2, 0.25) is 0 Å². The summed E-state index contributed by atoms with van der Waals surface area (Å²) >= 11 is 0. The Balaban J connectivity index is -0.000000496. The Morgan fingerprint density at radius 2 is 1.57 bits per heavy atom. The summed E-state index contributed by atoms with van der Waals surface area (Å²) in [7, 11) is 7.35. The lowest BCUT2D eigenvalue weighted by molar-refractivity contribution is -0.143. The number of likely N-dealkylation sites (tertiary alicyclic amines) is 1. The van der Waals surface area contributed by atoms with Crippen LogP contribution in [0.15, 0.2) is 35.3 Å². The van der Waals surface area contributed by atoms with Crippen molar-refractivity contribution in [2.45, 2.75) is 165 Å². The lowest BCUT2D eigenvalue weighted by Gasteiger charge is -2.39. The average Bonchev–Trinajstić information content (AvgIpc) is 3.77. The molecule has 0 radical (unpaired) electrons. The van der Waals surface area contributed by atoms with Crippen molar-refractivity contribution >= 4 is 38.1 Å². The highest BCUT2D eigenvalue weighted by Crippen LogP contribution is 2.36. The van der Waals surface area contributed by atoms with Crippen molar-refractivity contribution in [1.29, 1.82) is 0 Å². The summed E-state index contributed by atoms with van der Waals surface area (Å²) in [4.78, 5) is 68.9. The van der Waals surface area contributed by atoms with Crippen LogP contribution in [0.5, 0.6) is 0 Å². The van der Waals surface area contributed by atoms with Crippen LogP contribution in [0.25, 0.3) is 0 Å². The fraction of sp³-hybridized carbons (Fsp3) is 0.771. The van der Waals surface area contributed by atoms with E-state index in [4.69, 9.17) is 15.2 Å². The van der Waals surface area contributed by atoms with Crippen LogP contribution in [-0.4, -0.2) is 147 Å². The number of nitrogens with zero attached hydrogens (tertiary/aromatic N) is 4. The molecule has 0 spiro atoms. The molecule has 0 aromatic heterocycles. The number of nitrogens with one attached hydrogen (secondary N) is 2. The van der Waals surface area contributed by atoms with E-state index < -0.39 is 13.9 Å². The number of hydrogen-bond acceptors (Lipinski definition) is 9. The second kappa shape index (κ2) is 42.8. The predicted octanol–water partition coefficient (Wildman–Crippen LogP) is 7.56. The molecule has 1 heterocycles. The molecule has 1 fully saturated rings. The van der Waals surface area contributed by atoms with Crippen LogP contribution in [-0.2, 0) is 35.1 Å². The van der Waals surface area contributed by atoms with E-state index in [0.717, 1.165) is 37.2 Å². The number of hydrogen-bond donors (Lipinski definition) is 4. The quantitative estimate of drug-likeness (QED) is 0.0301. The van der Waals surface area contributed by atoms with E-state index >= 15 is 0 Å². The number of carbonyl (C=O) groups excluding carboxylic acids is 4. The smallest absolute Gasteiger partial charge is 0.244 e. The van der Waals surface area contributed by atoms with Crippen molar-refractivity contribution in [3.8, 4) is 0 Å². The zero-order chi connectivity index (χ0) is 49.5. The van der Waals surface area contributed by atoms with Crippen molar-refractivity contribution in [3.63, 3.8) is 0 Å². The number of benzene rings is 1. The van der Waals surface area contributed by atoms with E-state index in [2.05, 4.69) is 57.2 Å². The molecule has 1 aliphatic heterocycles. The fourth-order valence-electron chi connectivity index (χ4n) is 6.60. The van der Waals surface area contributed by atoms with Crippen LogP contribution >= 0.6 is 8.15 Å². The van der Waals surface area contributed by atoms with E-state index in [0.29, 0.717) is 38.3 Å². The molecular weight excluding hydrogens is 818 g/mol. The van der Waals surface area contributed by atoms with Crippen LogP contribution < -0.4 is 16.4 Å². The third kappa shape index (κ3) is 28.4. The predicted molar refractivity (Wildman–Crippen MR) is 267 cm³/mol. The molecule has 0 saturated carbocycles. The maximum atomic E-state index is 13.4. The van der Waals surface area contributed by atoms with Gasteiger partial charge < -0.3 is 45.4 Å². The van der Waals surface area contributed by atoms with E-state index in [-0.39, 0.29) is 67.1 Å². The van der Waals surface area contributed by atoms with Crippen LogP contribution in [0, 0.1) is 11.8 Å². The lowest BCUT2D eigenvalue weighted by atomic mass is 9.90. The standard InChI is InChI=1S/C25H48N4O4.C14H22N3O3P.C3H8.3C2H6/c1-11-18(4)24(28(8)23(31)16-26-19(5)27(6)7)21(32-9)15-22(30)29-14-12-13-20(29)25(33-10)17(2)3;15-7-4-8-16-13(19)10-21(20)14(17-11-18)9-12-5-2-1-3-6-12;1-3-2;3*1-2/h17-18,20-21,24-25H,11-16H2,1-10H3;1-3,5-6,11,14,20H,4,7-10,15H2,(H,16,19)(H,17,18);3H2,1-2H3;3*1-2H3/t;14-,21?;;;;/m.1..../s1. The van der Waals surface area contributed by atoms with Gasteiger partial charge in [-0.15, -0.1) is 0 Å². The summed E-state index contributed by atoms with van der Waals surface area (Å²) in [5.74, 6) is 0.648. The number of amides is 4. The minimum Gasteiger partial charge on any atom is -0.379 e. The molecule has 5 N–H and O–H groups in total. The molecule has 4 amide bonds. The molecule has 370 valence electrons. The van der Waals surface area contributed by atoms with Gasteiger partial charge in [-0.2, -0.15) is 0 Å². The van der Waals surface area contributed by atoms with Gasteiger partial charge in [-0.25, -0.2) is 0 Å².